The minimum Gasteiger partial charge on any atom is -0.342 e. The molecule has 0 radical (unpaired) electrons. The molecule has 1 amide bonds. The molecule has 2 aliphatic rings. The van der Waals surface area contributed by atoms with Crippen molar-refractivity contribution in [3.63, 3.8) is 0 Å². The Hall–Kier alpha value is -0.220. The smallest absolute Gasteiger partial charge is 0.232 e. The van der Waals surface area contributed by atoms with Crippen molar-refractivity contribution in [2.75, 3.05) is 31.1 Å². The predicted molar refractivity (Wildman–Crippen MR) is 78.0 cm³/mol. The average molecular weight is 270 g/mol. The molecule has 2 saturated heterocycles. The van der Waals surface area contributed by atoms with Crippen LogP contribution in [0.1, 0.15) is 44.9 Å². The second-order valence-electron chi connectivity index (χ2n) is 5.43. The van der Waals surface area contributed by atoms with E-state index in [1.165, 1.54) is 51.5 Å². The summed E-state index contributed by atoms with van der Waals surface area (Å²) in [7, 11) is 0. The van der Waals surface area contributed by atoms with E-state index in [1.807, 2.05) is 11.8 Å². The molecule has 4 heteroatoms. The molecule has 0 aromatic heterocycles. The highest BCUT2D eigenvalue weighted by molar-refractivity contribution is 7.99. The molecule has 2 rings (SSSR count). The standard InChI is InChI=1S/C14H26N2OS/c17-14(16-9-2-1-3-10-16)12-18-11-5-7-13-6-4-8-15-13/h13,15H,1-12H2. The number of nitrogens with zero attached hydrogens (tertiary/aromatic N) is 1. The van der Waals surface area contributed by atoms with Crippen LogP contribution in [0.15, 0.2) is 0 Å². The van der Waals surface area contributed by atoms with Gasteiger partial charge < -0.3 is 10.2 Å². The largest absolute Gasteiger partial charge is 0.342 e. The highest BCUT2D eigenvalue weighted by Crippen LogP contribution is 2.15. The van der Waals surface area contributed by atoms with E-state index in [9.17, 15) is 4.79 Å². The Labute approximate surface area is 115 Å². The van der Waals surface area contributed by atoms with Gasteiger partial charge in [-0.15, -0.1) is 0 Å². The highest BCUT2D eigenvalue weighted by atomic mass is 32.2. The van der Waals surface area contributed by atoms with E-state index in [1.54, 1.807) is 0 Å². The minimum atomic E-state index is 0.360. The number of thioether (sulfide) groups is 1. The van der Waals surface area contributed by atoms with Crippen LogP contribution in [-0.4, -0.2) is 48.0 Å². The minimum absolute atomic E-state index is 0.360. The number of nitrogens with one attached hydrogen (secondary N) is 1. The molecule has 1 unspecified atom stereocenters. The summed E-state index contributed by atoms with van der Waals surface area (Å²) < 4.78 is 0. The van der Waals surface area contributed by atoms with Crippen molar-refractivity contribution in [3.8, 4) is 0 Å². The molecule has 2 fully saturated rings. The van der Waals surface area contributed by atoms with Crippen LogP contribution in [0.4, 0.5) is 0 Å². The first kappa shape index (κ1) is 14.2. The third-order valence-corrected chi connectivity index (χ3v) is 4.97. The Morgan fingerprint density at radius 1 is 1.22 bits per heavy atom. The lowest BCUT2D eigenvalue weighted by molar-refractivity contribution is -0.129. The zero-order valence-corrected chi connectivity index (χ0v) is 12.1. The number of rotatable bonds is 6. The molecule has 3 nitrogen and oxygen atoms in total. The fourth-order valence-corrected chi connectivity index (χ4v) is 3.70. The van der Waals surface area contributed by atoms with Gasteiger partial charge in [0.05, 0.1) is 5.75 Å². The van der Waals surface area contributed by atoms with Crippen LogP contribution in [0.5, 0.6) is 0 Å². The van der Waals surface area contributed by atoms with Gasteiger partial charge in [-0.05, 0) is 57.2 Å². The van der Waals surface area contributed by atoms with Gasteiger partial charge in [0.2, 0.25) is 5.91 Å². The van der Waals surface area contributed by atoms with Crippen LogP contribution in [0, 0.1) is 0 Å². The van der Waals surface area contributed by atoms with Gasteiger partial charge in [0, 0.05) is 19.1 Å². The van der Waals surface area contributed by atoms with Gasteiger partial charge in [-0.25, -0.2) is 0 Å². The van der Waals surface area contributed by atoms with Crippen LogP contribution in [0.2, 0.25) is 0 Å². The summed E-state index contributed by atoms with van der Waals surface area (Å²) in [5.41, 5.74) is 0. The zero-order chi connectivity index (χ0) is 12.6. The summed E-state index contributed by atoms with van der Waals surface area (Å²) in [6, 6.07) is 0.753. The van der Waals surface area contributed by atoms with Crippen LogP contribution in [0.3, 0.4) is 0 Å². The van der Waals surface area contributed by atoms with Gasteiger partial charge >= 0.3 is 0 Å². The predicted octanol–water partition coefficient (Wildman–Crippen LogP) is 2.26. The van der Waals surface area contributed by atoms with Crippen molar-refractivity contribution in [3.05, 3.63) is 0 Å². The van der Waals surface area contributed by atoms with Crippen molar-refractivity contribution in [1.82, 2.24) is 10.2 Å². The van der Waals surface area contributed by atoms with Crippen molar-refractivity contribution in [2.45, 2.75) is 51.0 Å². The second kappa shape index (κ2) is 8.05. The molecule has 104 valence electrons. The van der Waals surface area contributed by atoms with Crippen LogP contribution < -0.4 is 5.32 Å². The van der Waals surface area contributed by atoms with Gasteiger partial charge in [0.25, 0.3) is 0 Å². The summed E-state index contributed by atoms with van der Waals surface area (Å²) >= 11 is 1.82. The maximum absolute atomic E-state index is 11.9. The fraction of sp³-hybridized carbons (Fsp3) is 0.929. The molecule has 0 saturated carbocycles. The topological polar surface area (TPSA) is 32.3 Å². The van der Waals surface area contributed by atoms with E-state index < -0.39 is 0 Å². The normalized spacial score (nSPS) is 24.4. The first-order valence-electron chi connectivity index (χ1n) is 7.45. The molecule has 0 aromatic rings. The van der Waals surface area contributed by atoms with Crippen molar-refractivity contribution in [2.24, 2.45) is 0 Å². The Kier molecular flexibility index (Phi) is 6.35. The lowest BCUT2D eigenvalue weighted by Gasteiger charge is -2.26. The summed E-state index contributed by atoms with van der Waals surface area (Å²) in [5, 5.41) is 3.52. The Bertz CT molecular complexity index is 248. The maximum atomic E-state index is 11.9. The lowest BCUT2D eigenvalue weighted by atomic mass is 10.1. The van der Waals surface area contributed by atoms with Gasteiger partial charge in [0.15, 0.2) is 0 Å². The van der Waals surface area contributed by atoms with E-state index in [-0.39, 0.29) is 0 Å². The summed E-state index contributed by atoms with van der Waals surface area (Å²) in [6.45, 7) is 3.18. The van der Waals surface area contributed by atoms with Crippen LogP contribution in [0.25, 0.3) is 0 Å². The van der Waals surface area contributed by atoms with E-state index in [4.69, 9.17) is 0 Å². The van der Waals surface area contributed by atoms with Gasteiger partial charge in [-0.1, -0.05) is 0 Å². The monoisotopic (exact) mass is 270 g/mol. The van der Waals surface area contributed by atoms with Gasteiger partial charge in [0.1, 0.15) is 0 Å². The molecule has 2 heterocycles. The molecule has 1 N–H and O–H groups in total. The molecule has 0 bridgehead atoms. The number of piperidine rings is 1. The molecule has 2 aliphatic heterocycles. The van der Waals surface area contributed by atoms with Crippen molar-refractivity contribution in [1.29, 1.82) is 0 Å². The zero-order valence-electron chi connectivity index (χ0n) is 11.3. The fourth-order valence-electron chi connectivity index (χ4n) is 2.83. The van der Waals surface area contributed by atoms with Crippen molar-refractivity contribution < 1.29 is 4.79 Å². The van der Waals surface area contributed by atoms with Gasteiger partial charge in [-0.3, -0.25) is 4.79 Å². The number of hydrogen-bond acceptors (Lipinski definition) is 3. The number of carbonyl (C=O) groups excluding carboxylic acids is 1. The third kappa shape index (κ3) is 4.81. The lowest BCUT2D eigenvalue weighted by Crippen LogP contribution is -2.36. The number of hydrogen-bond donors (Lipinski definition) is 1. The highest BCUT2D eigenvalue weighted by Gasteiger charge is 2.16. The summed E-state index contributed by atoms with van der Waals surface area (Å²) in [4.78, 5) is 14.0. The van der Waals surface area contributed by atoms with E-state index in [0.29, 0.717) is 11.7 Å². The summed E-state index contributed by atoms with van der Waals surface area (Å²) in [5.74, 6) is 2.19. The molecule has 1 atom stereocenters. The number of carbonyl (C=O) groups is 1. The Balaban J connectivity index is 1.48. The molecular weight excluding hydrogens is 244 g/mol. The molecule has 18 heavy (non-hydrogen) atoms. The quantitative estimate of drug-likeness (QED) is 0.752. The Morgan fingerprint density at radius 3 is 2.78 bits per heavy atom. The molecule has 0 aromatic carbocycles. The SMILES string of the molecule is O=C(CSCCCC1CCCN1)N1CCCCC1. The first-order valence-corrected chi connectivity index (χ1v) is 8.60. The maximum Gasteiger partial charge on any atom is 0.232 e. The number of amides is 1. The average Bonchev–Trinajstić information content (AvgIpc) is 2.92. The van der Waals surface area contributed by atoms with Crippen molar-refractivity contribution >= 4 is 17.7 Å². The van der Waals surface area contributed by atoms with E-state index in [0.717, 1.165) is 24.9 Å². The molecule has 0 spiro atoms. The Morgan fingerprint density at radius 2 is 2.06 bits per heavy atom. The van der Waals surface area contributed by atoms with Crippen LogP contribution >= 0.6 is 11.8 Å². The third-order valence-electron chi connectivity index (χ3n) is 3.94. The number of likely N-dealkylation sites (tertiary alicyclic amines) is 1. The van der Waals surface area contributed by atoms with E-state index in [2.05, 4.69) is 10.2 Å². The molecule has 0 aliphatic carbocycles. The second-order valence-corrected chi connectivity index (χ2v) is 6.53. The van der Waals surface area contributed by atoms with Crippen LogP contribution in [-0.2, 0) is 4.79 Å². The first-order chi connectivity index (χ1) is 8.86. The molecular formula is C14H26N2OS. The summed E-state index contributed by atoms with van der Waals surface area (Å²) in [6.07, 6.45) is 8.90. The van der Waals surface area contributed by atoms with Gasteiger partial charge in [-0.2, -0.15) is 11.8 Å². The van der Waals surface area contributed by atoms with E-state index >= 15 is 0 Å².